The lowest BCUT2D eigenvalue weighted by Gasteiger charge is -2.11. The Bertz CT molecular complexity index is 1200. The predicted octanol–water partition coefficient (Wildman–Crippen LogP) is 3.79. The zero-order valence-electron chi connectivity index (χ0n) is 16.1. The number of carbonyl (C=O) groups is 1. The maximum absolute atomic E-state index is 12.6. The SMILES string of the molecule is Cc1nc2ccccc2n(Cc2ccc(C(=O)NCCc3cccs3)cc2)c1=O. The molecular weight excluding hydrogens is 382 g/mol. The lowest BCUT2D eigenvalue weighted by atomic mass is 10.1. The molecule has 0 bridgehead atoms. The van der Waals surface area contributed by atoms with E-state index in [1.54, 1.807) is 35.0 Å². The molecule has 0 aliphatic heterocycles. The van der Waals surface area contributed by atoms with Crippen molar-refractivity contribution in [1.29, 1.82) is 0 Å². The number of aryl methyl sites for hydroxylation is 1. The van der Waals surface area contributed by atoms with E-state index < -0.39 is 0 Å². The van der Waals surface area contributed by atoms with Crippen molar-refractivity contribution in [3.63, 3.8) is 0 Å². The highest BCUT2D eigenvalue weighted by atomic mass is 32.1. The van der Waals surface area contributed by atoms with Crippen molar-refractivity contribution < 1.29 is 4.79 Å². The van der Waals surface area contributed by atoms with E-state index in [4.69, 9.17) is 0 Å². The molecule has 1 amide bonds. The first-order valence-electron chi connectivity index (χ1n) is 9.47. The fourth-order valence-electron chi connectivity index (χ4n) is 3.28. The van der Waals surface area contributed by atoms with E-state index >= 15 is 0 Å². The Hall–Kier alpha value is -3.25. The Labute approximate surface area is 172 Å². The number of carbonyl (C=O) groups excluding carboxylic acids is 1. The minimum atomic E-state index is -0.0981. The molecule has 0 spiro atoms. The van der Waals surface area contributed by atoms with Gasteiger partial charge in [-0.05, 0) is 54.6 Å². The smallest absolute Gasteiger partial charge is 0.272 e. The number of benzene rings is 2. The fourth-order valence-corrected chi connectivity index (χ4v) is 3.99. The maximum atomic E-state index is 12.6. The molecule has 2 aromatic carbocycles. The summed E-state index contributed by atoms with van der Waals surface area (Å²) in [5, 5.41) is 4.99. The lowest BCUT2D eigenvalue weighted by molar-refractivity contribution is 0.0954. The van der Waals surface area contributed by atoms with Crippen LogP contribution >= 0.6 is 11.3 Å². The highest BCUT2D eigenvalue weighted by molar-refractivity contribution is 7.09. The quantitative estimate of drug-likeness (QED) is 0.533. The second kappa shape index (κ2) is 8.41. The molecule has 1 N–H and O–H groups in total. The van der Waals surface area contributed by atoms with Crippen molar-refractivity contribution in [2.75, 3.05) is 6.54 Å². The van der Waals surface area contributed by atoms with Crippen LogP contribution in [0.1, 0.15) is 26.5 Å². The van der Waals surface area contributed by atoms with Gasteiger partial charge >= 0.3 is 0 Å². The average molecular weight is 404 g/mol. The minimum absolute atomic E-state index is 0.0875. The molecule has 5 nitrogen and oxygen atoms in total. The van der Waals surface area contributed by atoms with Crippen LogP contribution in [0, 0.1) is 6.92 Å². The molecule has 0 saturated heterocycles. The molecular formula is C23H21N3O2S. The van der Waals surface area contributed by atoms with Gasteiger partial charge in [-0.3, -0.25) is 9.59 Å². The third-order valence-corrected chi connectivity index (χ3v) is 5.75. The van der Waals surface area contributed by atoms with Crippen molar-refractivity contribution >= 4 is 28.3 Å². The number of rotatable bonds is 6. The predicted molar refractivity (Wildman–Crippen MR) is 117 cm³/mol. The van der Waals surface area contributed by atoms with Gasteiger partial charge in [-0.2, -0.15) is 0 Å². The molecule has 0 unspecified atom stereocenters. The first kappa shape index (κ1) is 19.1. The lowest BCUT2D eigenvalue weighted by Crippen LogP contribution is -2.26. The Morgan fingerprint density at radius 3 is 2.62 bits per heavy atom. The highest BCUT2D eigenvalue weighted by Gasteiger charge is 2.10. The minimum Gasteiger partial charge on any atom is -0.352 e. The van der Waals surface area contributed by atoms with Crippen LogP contribution in [-0.4, -0.2) is 22.0 Å². The summed E-state index contributed by atoms with van der Waals surface area (Å²) >= 11 is 1.69. The van der Waals surface area contributed by atoms with Gasteiger partial charge < -0.3 is 9.88 Å². The van der Waals surface area contributed by atoms with Gasteiger partial charge in [0.25, 0.3) is 11.5 Å². The number of fused-ring (bicyclic) bond motifs is 1. The van der Waals surface area contributed by atoms with E-state index in [-0.39, 0.29) is 11.5 Å². The van der Waals surface area contributed by atoms with Crippen molar-refractivity contribution in [2.45, 2.75) is 19.9 Å². The summed E-state index contributed by atoms with van der Waals surface area (Å²) in [6.07, 6.45) is 0.832. The molecule has 2 heterocycles. The van der Waals surface area contributed by atoms with Crippen LogP contribution < -0.4 is 10.9 Å². The number of hydrogen-bond acceptors (Lipinski definition) is 4. The summed E-state index contributed by atoms with van der Waals surface area (Å²) in [4.78, 5) is 30.6. The Balaban J connectivity index is 1.47. The summed E-state index contributed by atoms with van der Waals surface area (Å²) in [6.45, 7) is 2.77. The van der Waals surface area contributed by atoms with Crippen molar-refractivity contribution in [3.8, 4) is 0 Å². The highest BCUT2D eigenvalue weighted by Crippen LogP contribution is 2.13. The van der Waals surface area contributed by atoms with Gasteiger partial charge in [0.05, 0.1) is 17.6 Å². The second-order valence-corrected chi connectivity index (χ2v) is 7.89. The molecule has 0 saturated carbocycles. The largest absolute Gasteiger partial charge is 0.352 e. The van der Waals surface area contributed by atoms with Crippen LogP contribution in [0.25, 0.3) is 11.0 Å². The van der Waals surface area contributed by atoms with Crippen molar-refractivity contribution in [2.24, 2.45) is 0 Å². The molecule has 146 valence electrons. The molecule has 0 atom stereocenters. The topological polar surface area (TPSA) is 64.0 Å². The van der Waals surface area contributed by atoms with Crippen molar-refractivity contribution in [1.82, 2.24) is 14.9 Å². The van der Waals surface area contributed by atoms with E-state index in [9.17, 15) is 9.59 Å². The number of para-hydroxylation sites is 2. The normalized spacial score (nSPS) is 10.9. The maximum Gasteiger partial charge on any atom is 0.272 e. The van der Waals surface area contributed by atoms with Gasteiger partial charge in [0.2, 0.25) is 0 Å². The molecule has 29 heavy (non-hydrogen) atoms. The van der Waals surface area contributed by atoms with E-state index in [1.807, 2.05) is 47.8 Å². The summed E-state index contributed by atoms with van der Waals surface area (Å²) in [7, 11) is 0. The number of aromatic nitrogens is 2. The number of thiophene rings is 1. The third-order valence-electron chi connectivity index (χ3n) is 4.81. The Morgan fingerprint density at radius 1 is 1.07 bits per heavy atom. The first-order chi connectivity index (χ1) is 14.1. The van der Waals surface area contributed by atoms with Crippen LogP contribution in [0.4, 0.5) is 0 Å². The van der Waals surface area contributed by atoms with E-state index in [0.29, 0.717) is 24.3 Å². The molecule has 6 heteroatoms. The molecule has 2 aromatic heterocycles. The van der Waals surface area contributed by atoms with Crippen molar-refractivity contribution in [3.05, 3.63) is 98.1 Å². The van der Waals surface area contributed by atoms with E-state index in [0.717, 1.165) is 23.0 Å². The number of nitrogens with one attached hydrogen (secondary N) is 1. The molecule has 0 aliphatic rings. The van der Waals surface area contributed by atoms with E-state index in [2.05, 4.69) is 16.4 Å². The fraction of sp³-hybridized carbons (Fsp3) is 0.174. The van der Waals surface area contributed by atoms with Gasteiger partial charge in [-0.15, -0.1) is 11.3 Å². The average Bonchev–Trinajstić information content (AvgIpc) is 3.25. The second-order valence-electron chi connectivity index (χ2n) is 6.86. The summed E-state index contributed by atoms with van der Waals surface area (Å²) in [5.74, 6) is -0.0875. The van der Waals surface area contributed by atoms with Gasteiger partial charge in [-0.1, -0.05) is 30.3 Å². The van der Waals surface area contributed by atoms with Crippen LogP contribution in [-0.2, 0) is 13.0 Å². The van der Waals surface area contributed by atoms with Crippen LogP contribution in [0.2, 0.25) is 0 Å². The zero-order valence-corrected chi connectivity index (χ0v) is 16.9. The Morgan fingerprint density at radius 2 is 1.86 bits per heavy atom. The summed E-state index contributed by atoms with van der Waals surface area (Å²) in [5.41, 5.74) is 3.55. The number of amides is 1. The monoisotopic (exact) mass is 403 g/mol. The summed E-state index contributed by atoms with van der Waals surface area (Å²) < 4.78 is 1.73. The molecule has 0 radical (unpaired) electrons. The number of nitrogens with zero attached hydrogens (tertiary/aromatic N) is 2. The molecule has 4 rings (SSSR count). The molecule has 4 aromatic rings. The molecule has 0 fully saturated rings. The zero-order chi connectivity index (χ0) is 20.2. The van der Waals surface area contributed by atoms with Gasteiger partial charge in [0, 0.05) is 17.0 Å². The van der Waals surface area contributed by atoms with Crippen LogP contribution in [0.15, 0.2) is 70.8 Å². The van der Waals surface area contributed by atoms with Gasteiger partial charge in [-0.25, -0.2) is 4.98 Å². The summed E-state index contributed by atoms with van der Waals surface area (Å²) in [6, 6.07) is 19.1. The number of hydrogen-bond donors (Lipinski definition) is 1. The molecule has 0 aliphatic carbocycles. The van der Waals surface area contributed by atoms with Crippen LogP contribution in [0.3, 0.4) is 0 Å². The first-order valence-corrected chi connectivity index (χ1v) is 10.4. The standard InChI is InChI=1S/C23H21N3O2S/c1-16-23(28)26(21-7-3-2-6-20(21)25-16)15-17-8-10-18(11-9-17)22(27)24-13-12-19-5-4-14-29-19/h2-11,14H,12-13,15H2,1H3,(H,24,27). The van der Waals surface area contributed by atoms with Gasteiger partial charge in [0.15, 0.2) is 0 Å². The Kier molecular flexibility index (Phi) is 5.53. The van der Waals surface area contributed by atoms with Gasteiger partial charge in [0.1, 0.15) is 5.69 Å². The third kappa shape index (κ3) is 4.27. The van der Waals surface area contributed by atoms with Crippen LogP contribution in [0.5, 0.6) is 0 Å². The van der Waals surface area contributed by atoms with E-state index in [1.165, 1.54) is 4.88 Å².